The van der Waals surface area contributed by atoms with Gasteiger partial charge in [-0.2, -0.15) is 5.10 Å². The van der Waals surface area contributed by atoms with E-state index in [9.17, 15) is 14.9 Å². The van der Waals surface area contributed by atoms with E-state index in [1.54, 1.807) is 23.9 Å². The van der Waals surface area contributed by atoms with Crippen molar-refractivity contribution in [3.63, 3.8) is 0 Å². The third kappa shape index (κ3) is 3.40. The van der Waals surface area contributed by atoms with Crippen molar-refractivity contribution < 1.29 is 9.72 Å². The number of carbonyl (C=O) groups is 1. The molecular weight excluding hydrogens is 286 g/mol. The summed E-state index contributed by atoms with van der Waals surface area (Å²) in [6.45, 7) is 3.69. The summed E-state index contributed by atoms with van der Waals surface area (Å²) in [5, 5.41) is 20.6. The molecule has 0 saturated heterocycles. The number of amides is 1. The monoisotopic (exact) mass is 303 g/mol. The molecule has 0 saturated carbocycles. The van der Waals surface area contributed by atoms with Crippen LogP contribution in [0.3, 0.4) is 0 Å². The number of aryl methyl sites for hydroxylation is 2. The van der Waals surface area contributed by atoms with Crippen molar-refractivity contribution in [2.45, 2.75) is 13.8 Å². The summed E-state index contributed by atoms with van der Waals surface area (Å²) in [4.78, 5) is 22.2. The molecule has 0 fully saturated rings. The van der Waals surface area contributed by atoms with Crippen LogP contribution in [0.15, 0.2) is 24.3 Å². The maximum Gasteiger partial charge on any atom is 0.271 e. The average molecular weight is 303 g/mol. The molecule has 2 aromatic rings. The molecule has 1 aromatic heterocycles. The minimum Gasteiger partial charge on any atom is -0.376 e. The van der Waals surface area contributed by atoms with E-state index >= 15 is 0 Å². The quantitative estimate of drug-likeness (QED) is 0.649. The van der Waals surface area contributed by atoms with Crippen LogP contribution in [-0.4, -0.2) is 27.2 Å². The number of aromatic nitrogens is 2. The highest BCUT2D eigenvalue weighted by Crippen LogP contribution is 2.19. The molecule has 1 aromatic carbocycles. The summed E-state index contributed by atoms with van der Waals surface area (Å²) < 4.78 is 1.69. The molecule has 22 heavy (non-hydrogen) atoms. The van der Waals surface area contributed by atoms with Crippen molar-refractivity contribution in [3.8, 4) is 0 Å². The van der Waals surface area contributed by atoms with Gasteiger partial charge < -0.3 is 10.6 Å². The van der Waals surface area contributed by atoms with E-state index in [-0.39, 0.29) is 18.1 Å². The molecule has 0 radical (unpaired) electrons. The van der Waals surface area contributed by atoms with E-state index in [0.717, 1.165) is 11.4 Å². The van der Waals surface area contributed by atoms with Crippen LogP contribution < -0.4 is 10.6 Å². The first-order chi connectivity index (χ1) is 10.4. The molecule has 1 heterocycles. The molecule has 0 unspecified atom stereocenters. The predicted molar refractivity (Wildman–Crippen MR) is 82.9 cm³/mol. The van der Waals surface area contributed by atoms with E-state index in [4.69, 9.17) is 0 Å². The number of nitro groups is 1. The van der Waals surface area contributed by atoms with E-state index in [1.807, 2.05) is 13.8 Å². The molecule has 116 valence electrons. The summed E-state index contributed by atoms with van der Waals surface area (Å²) in [7, 11) is 1.80. The first kappa shape index (κ1) is 15.5. The van der Waals surface area contributed by atoms with Crippen molar-refractivity contribution in [1.82, 2.24) is 9.78 Å². The van der Waals surface area contributed by atoms with E-state index in [2.05, 4.69) is 15.7 Å². The molecule has 0 spiro atoms. The van der Waals surface area contributed by atoms with E-state index in [1.165, 1.54) is 12.1 Å². The van der Waals surface area contributed by atoms with Crippen LogP contribution in [0.1, 0.15) is 11.4 Å². The lowest BCUT2D eigenvalue weighted by Gasteiger charge is -2.08. The van der Waals surface area contributed by atoms with Gasteiger partial charge in [-0.3, -0.25) is 19.6 Å². The van der Waals surface area contributed by atoms with Gasteiger partial charge in [-0.15, -0.1) is 0 Å². The molecule has 8 nitrogen and oxygen atoms in total. The molecule has 2 rings (SSSR count). The maximum absolute atomic E-state index is 12.0. The number of nitrogens with zero attached hydrogens (tertiary/aromatic N) is 3. The summed E-state index contributed by atoms with van der Waals surface area (Å²) in [6, 6.07) is 6.01. The zero-order valence-electron chi connectivity index (χ0n) is 12.6. The smallest absolute Gasteiger partial charge is 0.271 e. The number of rotatable bonds is 5. The first-order valence-electron chi connectivity index (χ1n) is 6.67. The Morgan fingerprint density at radius 2 is 2.14 bits per heavy atom. The Morgan fingerprint density at radius 3 is 2.73 bits per heavy atom. The fourth-order valence-electron chi connectivity index (χ4n) is 2.05. The number of hydrogen-bond donors (Lipinski definition) is 2. The van der Waals surface area contributed by atoms with Crippen molar-refractivity contribution in [2.75, 3.05) is 17.2 Å². The number of anilines is 2. The van der Waals surface area contributed by atoms with Gasteiger partial charge in [0.1, 0.15) is 0 Å². The van der Waals surface area contributed by atoms with Crippen LogP contribution in [0, 0.1) is 24.0 Å². The van der Waals surface area contributed by atoms with Gasteiger partial charge in [0.05, 0.1) is 28.5 Å². The Labute approximate surface area is 127 Å². The zero-order chi connectivity index (χ0) is 16.3. The number of hydrogen-bond acceptors (Lipinski definition) is 5. The van der Waals surface area contributed by atoms with E-state index < -0.39 is 4.92 Å². The minimum absolute atomic E-state index is 0.00887. The van der Waals surface area contributed by atoms with Crippen molar-refractivity contribution in [3.05, 3.63) is 45.8 Å². The van der Waals surface area contributed by atoms with Crippen LogP contribution in [0.5, 0.6) is 0 Å². The highest BCUT2D eigenvalue weighted by atomic mass is 16.6. The third-order valence-corrected chi connectivity index (χ3v) is 3.28. The lowest BCUT2D eigenvalue weighted by atomic mass is 10.3. The van der Waals surface area contributed by atoms with Gasteiger partial charge in [0.15, 0.2) is 0 Å². The number of carbonyl (C=O) groups excluding carboxylic acids is 1. The van der Waals surface area contributed by atoms with Gasteiger partial charge in [-0.05, 0) is 19.9 Å². The second kappa shape index (κ2) is 6.25. The van der Waals surface area contributed by atoms with Gasteiger partial charge >= 0.3 is 0 Å². The van der Waals surface area contributed by atoms with E-state index in [0.29, 0.717) is 11.4 Å². The van der Waals surface area contributed by atoms with Gasteiger partial charge in [0.2, 0.25) is 5.91 Å². The van der Waals surface area contributed by atoms with Crippen LogP contribution in [-0.2, 0) is 11.8 Å². The minimum atomic E-state index is -0.479. The normalized spacial score (nSPS) is 10.3. The van der Waals surface area contributed by atoms with Crippen LogP contribution in [0.25, 0.3) is 0 Å². The highest BCUT2D eigenvalue weighted by Gasteiger charge is 2.12. The topological polar surface area (TPSA) is 102 Å². The summed E-state index contributed by atoms with van der Waals surface area (Å²) >= 11 is 0. The largest absolute Gasteiger partial charge is 0.376 e. The fourth-order valence-corrected chi connectivity index (χ4v) is 2.05. The number of non-ortho nitro benzene ring substituents is 1. The molecule has 8 heteroatoms. The van der Waals surface area contributed by atoms with Crippen molar-refractivity contribution >= 4 is 23.0 Å². The Morgan fingerprint density at radius 1 is 1.41 bits per heavy atom. The average Bonchev–Trinajstić information content (AvgIpc) is 2.72. The summed E-state index contributed by atoms with van der Waals surface area (Å²) in [5.41, 5.74) is 2.78. The standard InChI is InChI=1S/C14H17N5O3/c1-9-14(10(2)18(3)17-9)16-13(20)8-15-11-5-4-6-12(7-11)19(21)22/h4-7,15H,8H2,1-3H3,(H,16,20). The Kier molecular flexibility index (Phi) is 4.40. The number of nitrogens with one attached hydrogen (secondary N) is 2. The second-order valence-electron chi connectivity index (χ2n) is 4.88. The van der Waals surface area contributed by atoms with Gasteiger partial charge in [0, 0.05) is 24.9 Å². The lowest BCUT2D eigenvalue weighted by Crippen LogP contribution is -2.22. The summed E-state index contributed by atoms with van der Waals surface area (Å²) in [6.07, 6.45) is 0. The Balaban J connectivity index is 1.98. The van der Waals surface area contributed by atoms with Gasteiger partial charge in [-0.1, -0.05) is 6.07 Å². The van der Waals surface area contributed by atoms with Crippen LogP contribution >= 0.6 is 0 Å². The number of nitro benzene ring substituents is 1. The lowest BCUT2D eigenvalue weighted by molar-refractivity contribution is -0.384. The third-order valence-electron chi connectivity index (χ3n) is 3.28. The SMILES string of the molecule is Cc1nn(C)c(C)c1NC(=O)CNc1cccc([N+](=O)[O-])c1. The fraction of sp³-hybridized carbons (Fsp3) is 0.286. The number of benzene rings is 1. The van der Waals surface area contributed by atoms with Crippen molar-refractivity contribution in [1.29, 1.82) is 0 Å². The van der Waals surface area contributed by atoms with Gasteiger partial charge in [-0.25, -0.2) is 0 Å². The second-order valence-corrected chi connectivity index (χ2v) is 4.88. The molecule has 2 N–H and O–H groups in total. The summed E-state index contributed by atoms with van der Waals surface area (Å²) in [5.74, 6) is -0.245. The molecule has 0 aliphatic rings. The zero-order valence-corrected chi connectivity index (χ0v) is 12.6. The molecule has 0 aliphatic heterocycles. The molecule has 1 amide bonds. The molecular formula is C14H17N5O3. The Hall–Kier alpha value is -2.90. The first-order valence-corrected chi connectivity index (χ1v) is 6.67. The Bertz CT molecular complexity index is 723. The maximum atomic E-state index is 12.0. The van der Waals surface area contributed by atoms with Crippen molar-refractivity contribution in [2.24, 2.45) is 7.05 Å². The highest BCUT2D eigenvalue weighted by molar-refractivity contribution is 5.94. The van der Waals surface area contributed by atoms with Crippen LogP contribution in [0.4, 0.5) is 17.1 Å². The predicted octanol–water partition coefficient (Wildman–Crippen LogP) is 2.00. The molecule has 0 bridgehead atoms. The molecule has 0 aliphatic carbocycles. The van der Waals surface area contributed by atoms with Gasteiger partial charge in [0.25, 0.3) is 5.69 Å². The molecule has 0 atom stereocenters. The van der Waals surface area contributed by atoms with Crippen LogP contribution in [0.2, 0.25) is 0 Å².